The molecule has 1 aliphatic heterocycles. The molecule has 1 saturated heterocycles. The Morgan fingerprint density at radius 3 is 2.94 bits per heavy atom. The minimum absolute atomic E-state index is 0.0405. The molecule has 0 spiro atoms. The number of nitrogens with one attached hydrogen (secondary N) is 2. The number of phenols is 1. The molecule has 0 radical (unpaired) electrons. The Morgan fingerprint density at radius 1 is 1.56 bits per heavy atom. The Hall–Kier alpha value is -1.75. The van der Waals surface area contributed by atoms with Crippen molar-refractivity contribution >= 4 is 11.6 Å². The van der Waals surface area contributed by atoms with Crippen LogP contribution in [0.15, 0.2) is 18.2 Å². The minimum atomic E-state index is -0.421. The van der Waals surface area contributed by atoms with Crippen LogP contribution in [0.2, 0.25) is 0 Å². The zero-order valence-corrected chi connectivity index (χ0v) is 10.6. The molecule has 1 aromatic carbocycles. The molecule has 0 aromatic heterocycles. The first-order chi connectivity index (χ1) is 8.55. The number of carbonyl (C=O) groups is 1. The Morgan fingerprint density at radius 2 is 2.33 bits per heavy atom. The summed E-state index contributed by atoms with van der Waals surface area (Å²) >= 11 is 0. The van der Waals surface area contributed by atoms with E-state index in [1.54, 1.807) is 19.2 Å². The van der Waals surface area contributed by atoms with Crippen LogP contribution in [0.25, 0.3) is 0 Å². The second-order valence-corrected chi connectivity index (χ2v) is 4.82. The standard InChI is InChI=1S/C13H18N2O3/c1-13(5-6-14-8-13)12(17)15-10-7-9(18-2)3-4-11(10)16/h3-4,7,14,16H,5-6,8H2,1-2H3,(H,15,17). The third-order valence-corrected chi connectivity index (χ3v) is 3.37. The summed E-state index contributed by atoms with van der Waals surface area (Å²) in [5.74, 6) is 0.549. The van der Waals surface area contributed by atoms with Crippen molar-refractivity contribution in [3.63, 3.8) is 0 Å². The van der Waals surface area contributed by atoms with Crippen molar-refractivity contribution in [3.05, 3.63) is 18.2 Å². The highest BCUT2D eigenvalue weighted by Gasteiger charge is 2.36. The van der Waals surface area contributed by atoms with E-state index in [0.29, 0.717) is 18.0 Å². The van der Waals surface area contributed by atoms with E-state index < -0.39 is 5.41 Å². The van der Waals surface area contributed by atoms with Crippen molar-refractivity contribution in [1.29, 1.82) is 0 Å². The van der Waals surface area contributed by atoms with Crippen LogP contribution in [0.1, 0.15) is 13.3 Å². The van der Waals surface area contributed by atoms with Crippen molar-refractivity contribution in [1.82, 2.24) is 5.32 Å². The third-order valence-electron chi connectivity index (χ3n) is 3.37. The number of hydrogen-bond acceptors (Lipinski definition) is 4. The van der Waals surface area contributed by atoms with Gasteiger partial charge in [0.05, 0.1) is 18.2 Å². The van der Waals surface area contributed by atoms with Crippen LogP contribution < -0.4 is 15.4 Å². The molecule has 1 aromatic rings. The predicted octanol–water partition coefficient (Wildman–Crippen LogP) is 1.34. The molecule has 0 bridgehead atoms. The number of ether oxygens (including phenoxy) is 1. The van der Waals surface area contributed by atoms with Crippen LogP contribution in [-0.2, 0) is 4.79 Å². The van der Waals surface area contributed by atoms with Gasteiger partial charge in [-0.15, -0.1) is 0 Å². The predicted molar refractivity (Wildman–Crippen MR) is 68.9 cm³/mol. The second kappa shape index (κ2) is 4.86. The molecule has 0 aliphatic carbocycles. The van der Waals surface area contributed by atoms with E-state index in [4.69, 9.17) is 4.74 Å². The average molecular weight is 250 g/mol. The van der Waals surface area contributed by atoms with E-state index >= 15 is 0 Å². The van der Waals surface area contributed by atoms with Gasteiger partial charge in [0.1, 0.15) is 11.5 Å². The van der Waals surface area contributed by atoms with Crippen LogP contribution in [0.5, 0.6) is 11.5 Å². The summed E-state index contributed by atoms with van der Waals surface area (Å²) in [4.78, 5) is 12.2. The Bertz CT molecular complexity index is 454. The molecule has 1 aliphatic rings. The van der Waals surface area contributed by atoms with Crippen molar-refractivity contribution in [2.75, 3.05) is 25.5 Å². The lowest BCUT2D eigenvalue weighted by Crippen LogP contribution is -2.35. The summed E-state index contributed by atoms with van der Waals surface area (Å²) in [6.07, 6.45) is 0.795. The number of phenolic OH excluding ortho intramolecular Hbond substituents is 1. The van der Waals surface area contributed by atoms with E-state index in [2.05, 4.69) is 10.6 Å². The zero-order chi connectivity index (χ0) is 13.2. The van der Waals surface area contributed by atoms with E-state index in [1.807, 2.05) is 6.92 Å². The Kier molecular flexibility index (Phi) is 3.43. The Balaban J connectivity index is 2.16. The lowest BCUT2D eigenvalue weighted by atomic mass is 9.88. The molecule has 18 heavy (non-hydrogen) atoms. The van der Waals surface area contributed by atoms with Crippen LogP contribution in [0.3, 0.4) is 0 Å². The molecule has 1 unspecified atom stereocenters. The molecule has 98 valence electrons. The van der Waals surface area contributed by atoms with Gasteiger partial charge < -0.3 is 20.5 Å². The molecule has 1 fully saturated rings. The van der Waals surface area contributed by atoms with Crippen molar-refractivity contribution in [2.24, 2.45) is 5.41 Å². The SMILES string of the molecule is COc1ccc(O)c(NC(=O)C2(C)CCNC2)c1. The zero-order valence-electron chi connectivity index (χ0n) is 10.6. The van der Waals surface area contributed by atoms with Crippen LogP contribution >= 0.6 is 0 Å². The summed E-state index contributed by atoms with van der Waals surface area (Å²) in [5, 5.41) is 15.6. The first-order valence-corrected chi connectivity index (χ1v) is 5.94. The van der Waals surface area contributed by atoms with Gasteiger partial charge in [-0.1, -0.05) is 0 Å². The van der Waals surface area contributed by atoms with E-state index in [0.717, 1.165) is 13.0 Å². The van der Waals surface area contributed by atoms with Gasteiger partial charge in [-0.05, 0) is 32.0 Å². The number of methoxy groups -OCH3 is 1. The van der Waals surface area contributed by atoms with Gasteiger partial charge in [0.2, 0.25) is 5.91 Å². The number of aromatic hydroxyl groups is 1. The number of benzene rings is 1. The van der Waals surface area contributed by atoms with Crippen molar-refractivity contribution in [2.45, 2.75) is 13.3 Å². The maximum Gasteiger partial charge on any atom is 0.231 e. The lowest BCUT2D eigenvalue weighted by molar-refractivity contribution is -0.123. The summed E-state index contributed by atoms with van der Waals surface area (Å²) in [6.45, 7) is 3.41. The highest BCUT2D eigenvalue weighted by molar-refractivity contribution is 5.96. The molecule has 3 N–H and O–H groups in total. The maximum absolute atomic E-state index is 12.2. The molecular formula is C13H18N2O3. The molecule has 5 heteroatoms. The van der Waals surface area contributed by atoms with E-state index in [1.165, 1.54) is 6.07 Å². The quantitative estimate of drug-likeness (QED) is 0.708. The number of carbonyl (C=O) groups excluding carboxylic acids is 1. The third kappa shape index (κ3) is 2.41. The second-order valence-electron chi connectivity index (χ2n) is 4.82. The average Bonchev–Trinajstić information content (AvgIpc) is 2.80. The monoisotopic (exact) mass is 250 g/mol. The fraction of sp³-hybridized carbons (Fsp3) is 0.462. The summed E-state index contributed by atoms with van der Waals surface area (Å²) < 4.78 is 5.07. The molecule has 1 amide bonds. The van der Waals surface area contributed by atoms with Gasteiger partial charge in [0.15, 0.2) is 0 Å². The van der Waals surface area contributed by atoms with Crippen molar-refractivity contribution < 1.29 is 14.6 Å². The fourth-order valence-corrected chi connectivity index (χ4v) is 2.03. The topological polar surface area (TPSA) is 70.6 Å². The van der Waals surface area contributed by atoms with Gasteiger partial charge in [0, 0.05) is 12.6 Å². The summed E-state index contributed by atoms with van der Waals surface area (Å²) in [7, 11) is 1.54. The Labute approximate surface area is 106 Å². The number of anilines is 1. The summed E-state index contributed by atoms with van der Waals surface area (Å²) in [6, 6.07) is 4.76. The molecule has 1 atom stereocenters. The minimum Gasteiger partial charge on any atom is -0.506 e. The van der Waals surface area contributed by atoms with Crippen LogP contribution in [0, 0.1) is 5.41 Å². The molecular weight excluding hydrogens is 232 g/mol. The number of amides is 1. The van der Waals surface area contributed by atoms with E-state index in [-0.39, 0.29) is 11.7 Å². The highest BCUT2D eigenvalue weighted by atomic mass is 16.5. The lowest BCUT2D eigenvalue weighted by Gasteiger charge is -2.21. The molecule has 1 heterocycles. The number of rotatable bonds is 3. The van der Waals surface area contributed by atoms with Gasteiger partial charge in [-0.25, -0.2) is 0 Å². The largest absolute Gasteiger partial charge is 0.506 e. The molecule has 2 rings (SSSR count). The first-order valence-electron chi connectivity index (χ1n) is 5.94. The summed E-state index contributed by atoms with van der Waals surface area (Å²) in [5.41, 5.74) is -0.0392. The first kappa shape index (κ1) is 12.7. The molecule has 5 nitrogen and oxygen atoms in total. The van der Waals surface area contributed by atoms with Gasteiger partial charge in [-0.2, -0.15) is 0 Å². The fourth-order valence-electron chi connectivity index (χ4n) is 2.03. The smallest absolute Gasteiger partial charge is 0.231 e. The van der Waals surface area contributed by atoms with Crippen molar-refractivity contribution in [3.8, 4) is 11.5 Å². The van der Waals surface area contributed by atoms with E-state index in [9.17, 15) is 9.90 Å². The van der Waals surface area contributed by atoms with Gasteiger partial charge >= 0.3 is 0 Å². The molecule has 0 saturated carbocycles. The highest BCUT2D eigenvalue weighted by Crippen LogP contribution is 2.31. The maximum atomic E-state index is 12.2. The van der Waals surface area contributed by atoms with Crippen LogP contribution in [-0.4, -0.2) is 31.2 Å². The number of hydrogen-bond donors (Lipinski definition) is 3. The van der Waals surface area contributed by atoms with Crippen LogP contribution in [0.4, 0.5) is 5.69 Å². The van der Waals surface area contributed by atoms with Gasteiger partial charge in [-0.3, -0.25) is 4.79 Å². The van der Waals surface area contributed by atoms with Gasteiger partial charge in [0.25, 0.3) is 0 Å². The normalized spacial score (nSPS) is 22.8.